The van der Waals surface area contributed by atoms with Crippen molar-refractivity contribution in [3.8, 4) is 22.3 Å². The Balaban J connectivity index is 1.44. The van der Waals surface area contributed by atoms with Gasteiger partial charge in [-0.1, -0.05) is 113 Å². The van der Waals surface area contributed by atoms with Crippen LogP contribution in [0, 0.1) is 0 Å². The van der Waals surface area contributed by atoms with Gasteiger partial charge in [0, 0.05) is 22.8 Å². The van der Waals surface area contributed by atoms with Crippen LogP contribution in [0.4, 0.5) is 11.4 Å². The van der Waals surface area contributed by atoms with Crippen molar-refractivity contribution in [3.05, 3.63) is 107 Å². The van der Waals surface area contributed by atoms with Gasteiger partial charge in [0.05, 0.1) is 0 Å². The Hall–Kier alpha value is -3.32. The maximum Gasteiger partial charge on any atom is 0.0452 e. The van der Waals surface area contributed by atoms with E-state index < -0.39 is 0 Å². The minimum atomic E-state index is -0.00219. The number of hydrogen-bond acceptors (Lipinski definition) is 1. The van der Waals surface area contributed by atoms with Crippen LogP contribution in [0.3, 0.4) is 0 Å². The number of rotatable bonds is 6. The molecule has 7 rings (SSSR count). The predicted octanol–water partition coefficient (Wildman–Crippen LogP) is 12.3. The molecule has 0 atom stereocenters. The topological polar surface area (TPSA) is 3.24 Å². The smallest absolute Gasteiger partial charge is 0.0452 e. The Morgan fingerprint density at radius 1 is 0.558 bits per heavy atom. The fraction of sp³-hybridized carbons (Fsp3) is 0.429. The van der Waals surface area contributed by atoms with E-state index in [0.29, 0.717) is 17.9 Å². The van der Waals surface area contributed by atoms with Crippen molar-refractivity contribution in [2.75, 3.05) is 4.90 Å². The summed E-state index contributed by atoms with van der Waals surface area (Å²) in [5.41, 5.74) is 14.6. The van der Waals surface area contributed by atoms with Crippen molar-refractivity contribution in [2.45, 2.75) is 115 Å². The number of nitrogens with zero attached hydrogens (tertiary/aromatic N) is 1. The molecular formula is C42H49N. The molecule has 1 nitrogen and oxygen atoms in total. The molecule has 43 heavy (non-hydrogen) atoms. The highest BCUT2D eigenvalue weighted by atomic mass is 15.2. The highest BCUT2D eigenvalue weighted by Gasteiger charge is 2.38. The van der Waals surface area contributed by atoms with Gasteiger partial charge in [-0.05, 0) is 120 Å². The normalized spacial score (nSPS) is 18.4. The summed E-state index contributed by atoms with van der Waals surface area (Å²) in [5.74, 6) is 1.26. The molecule has 4 aromatic carbocycles. The fourth-order valence-electron chi connectivity index (χ4n) is 8.71. The average molecular weight is 568 g/mol. The Kier molecular flexibility index (Phi) is 7.70. The third kappa shape index (κ3) is 5.13. The Morgan fingerprint density at radius 3 is 1.81 bits per heavy atom. The van der Waals surface area contributed by atoms with Gasteiger partial charge in [0.2, 0.25) is 0 Å². The first-order chi connectivity index (χ1) is 20.9. The lowest BCUT2D eigenvalue weighted by atomic mass is 9.78. The van der Waals surface area contributed by atoms with Gasteiger partial charge in [-0.3, -0.25) is 0 Å². The van der Waals surface area contributed by atoms with E-state index in [1.54, 1.807) is 11.1 Å². The van der Waals surface area contributed by atoms with Crippen LogP contribution in [0.25, 0.3) is 22.3 Å². The van der Waals surface area contributed by atoms with E-state index in [-0.39, 0.29) is 5.41 Å². The van der Waals surface area contributed by atoms with E-state index in [1.807, 2.05) is 0 Å². The van der Waals surface area contributed by atoms with Gasteiger partial charge in [0.25, 0.3) is 0 Å². The molecule has 222 valence electrons. The maximum absolute atomic E-state index is 2.75. The third-order valence-electron chi connectivity index (χ3n) is 11.0. The number of hydrogen-bond donors (Lipinski definition) is 0. The number of fused-ring (bicyclic) bond motifs is 3. The monoisotopic (exact) mass is 567 g/mol. The van der Waals surface area contributed by atoms with Crippen LogP contribution in [0.5, 0.6) is 0 Å². The molecule has 2 saturated carbocycles. The van der Waals surface area contributed by atoms with Gasteiger partial charge in [-0.25, -0.2) is 0 Å². The van der Waals surface area contributed by atoms with Crippen LogP contribution in [0.15, 0.2) is 84.9 Å². The van der Waals surface area contributed by atoms with Crippen molar-refractivity contribution in [1.82, 2.24) is 0 Å². The Labute approximate surface area is 260 Å². The molecule has 0 unspecified atom stereocenters. The largest absolute Gasteiger partial charge is 0.338 e. The zero-order valence-corrected chi connectivity index (χ0v) is 26.8. The lowest BCUT2D eigenvalue weighted by Gasteiger charge is -2.38. The zero-order chi connectivity index (χ0) is 29.6. The molecule has 0 amide bonds. The SMILES string of the molecule is CC(C)N(c1ccc(-c2ccccc2)cc1C1CCCCC1)c1cc2c(cc1C1CCCCC1)-c1ccccc1C2(C)C. The first-order valence-electron chi connectivity index (χ1n) is 17.2. The lowest BCUT2D eigenvalue weighted by Crippen LogP contribution is -2.29. The van der Waals surface area contributed by atoms with Crippen molar-refractivity contribution in [2.24, 2.45) is 0 Å². The number of anilines is 2. The minimum absolute atomic E-state index is 0.00219. The molecule has 0 spiro atoms. The molecule has 0 aromatic heterocycles. The van der Waals surface area contributed by atoms with E-state index >= 15 is 0 Å². The molecule has 0 heterocycles. The number of benzene rings is 4. The zero-order valence-electron chi connectivity index (χ0n) is 26.8. The molecule has 2 fully saturated rings. The summed E-state index contributed by atoms with van der Waals surface area (Å²) in [6.45, 7) is 9.69. The molecule has 0 radical (unpaired) electrons. The van der Waals surface area contributed by atoms with Gasteiger partial charge >= 0.3 is 0 Å². The quantitative estimate of drug-likeness (QED) is 0.224. The second kappa shape index (κ2) is 11.6. The molecule has 0 aliphatic heterocycles. The van der Waals surface area contributed by atoms with Crippen molar-refractivity contribution < 1.29 is 0 Å². The van der Waals surface area contributed by atoms with E-state index in [4.69, 9.17) is 0 Å². The Morgan fingerprint density at radius 2 is 1.16 bits per heavy atom. The van der Waals surface area contributed by atoms with Gasteiger partial charge in [-0.2, -0.15) is 0 Å². The second-order valence-corrected chi connectivity index (χ2v) is 14.4. The molecule has 3 aliphatic carbocycles. The van der Waals surface area contributed by atoms with Crippen molar-refractivity contribution in [3.63, 3.8) is 0 Å². The molecule has 0 N–H and O–H groups in total. The Bertz CT molecular complexity index is 1580. The van der Waals surface area contributed by atoms with Crippen LogP contribution in [-0.2, 0) is 5.41 Å². The van der Waals surface area contributed by atoms with Crippen molar-refractivity contribution >= 4 is 11.4 Å². The average Bonchev–Trinajstić information content (AvgIpc) is 3.27. The van der Waals surface area contributed by atoms with Gasteiger partial charge in [-0.15, -0.1) is 0 Å². The molecule has 1 heteroatoms. The van der Waals surface area contributed by atoms with Crippen LogP contribution >= 0.6 is 0 Å². The maximum atomic E-state index is 2.75. The molecule has 0 bridgehead atoms. The second-order valence-electron chi connectivity index (χ2n) is 14.4. The van der Waals surface area contributed by atoms with E-state index in [0.717, 1.165) is 0 Å². The third-order valence-corrected chi connectivity index (χ3v) is 11.0. The van der Waals surface area contributed by atoms with Crippen LogP contribution in [0.1, 0.15) is 126 Å². The predicted molar refractivity (Wildman–Crippen MR) is 185 cm³/mol. The van der Waals surface area contributed by atoms with Crippen LogP contribution < -0.4 is 4.90 Å². The molecule has 0 saturated heterocycles. The van der Waals surface area contributed by atoms with Gasteiger partial charge < -0.3 is 4.90 Å². The van der Waals surface area contributed by atoms with Crippen LogP contribution in [0.2, 0.25) is 0 Å². The van der Waals surface area contributed by atoms with E-state index in [9.17, 15) is 0 Å². The minimum Gasteiger partial charge on any atom is -0.338 e. The van der Waals surface area contributed by atoms with Crippen LogP contribution in [-0.4, -0.2) is 6.04 Å². The lowest BCUT2D eigenvalue weighted by molar-refractivity contribution is 0.441. The molecular weight excluding hydrogens is 518 g/mol. The highest BCUT2D eigenvalue weighted by molar-refractivity contribution is 5.86. The standard InChI is InChI=1S/C42H49N/c1-29(2)43(40-25-24-33(30-16-8-5-9-17-30)26-35(40)31-18-10-6-11-19-31)41-28-39-37(27-36(41)32-20-12-7-13-21-32)34-22-14-15-23-38(34)42(39,3)4/h5,8-9,14-17,22-29,31-32H,6-7,10-13,18-21H2,1-4H3. The first kappa shape index (κ1) is 28.5. The highest BCUT2D eigenvalue weighted by Crippen LogP contribution is 2.54. The van der Waals surface area contributed by atoms with Crippen molar-refractivity contribution in [1.29, 1.82) is 0 Å². The van der Waals surface area contributed by atoms with Gasteiger partial charge in [0.15, 0.2) is 0 Å². The summed E-state index contributed by atoms with van der Waals surface area (Å²) < 4.78 is 0. The summed E-state index contributed by atoms with van der Waals surface area (Å²) in [5, 5.41) is 0. The summed E-state index contributed by atoms with van der Waals surface area (Å²) in [7, 11) is 0. The molecule has 4 aromatic rings. The fourth-order valence-corrected chi connectivity index (χ4v) is 8.71. The summed E-state index contributed by atoms with van der Waals surface area (Å²) in [6, 6.07) is 33.2. The van der Waals surface area contributed by atoms with E-state index in [1.165, 1.54) is 109 Å². The summed E-state index contributed by atoms with van der Waals surface area (Å²) in [6.07, 6.45) is 13.4. The summed E-state index contributed by atoms with van der Waals surface area (Å²) >= 11 is 0. The molecule has 3 aliphatic rings. The van der Waals surface area contributed by atoms with Gasteiger partial charge in [0.1, 0.15) is 0 Å². The first-order valence-corrected chi connectivity index (χ1v) is 17.2. The van der Waals surface area contributed by atoms with E-state index in [2.05, 4.69) is 118 Å². The summed E-state index contributed by atoms with van der Waals surface area (Å²) in [4.78, 5) is 2.75.